The second kappa shape index (κ2) is 4.58. The van der Waals surface area contributed by atoms with Crippen LogP contribution in [0.2, 0.25) is 0 Å². The summed E-state index contributed by atoms with van der Waals surface area (Å²) in [6, 6.07) is 0.446. The molecule has 7 heteroatoms. The number of rotatable bonds is 3. The first-order valence-electron chi connectivity index (χ1n) is 5.50. The Morgan fingerprint density at radius 1 is 1.47 bits per heavy atom. The van der Waals surface area contributed by atoms with Crippen molar-refractivity contribution in [3.05, 3.63) is 28.8 Å². The van der Waals surface area contributed by atoms with Crippen molar-refractivity contribution in [3.8, 4) is 0 Å². The Bertz CT molecular complexity index is 483. The Morgan fingerprint density at radius 2 is 2.41 bits per heavy atom. The molecule has 0 saturated carbocycles. The lowest BCUT2D eigenvalue weighted by atomic mass is 10.3. The van der Waals surface area contributed by atoms with Crippen LogP contribution < -0.4 is 0 Å². The largest absolute Gasteiger partial charge is 0.295 e. The summed E-state index contributed by atoms with van der Waals surface area (Å²) in [4.78, 5) is 2.33. The van der Waals surface area contributed by atoms with E-state index in [9.17, 15) is 0 Å². The van der Waals surface area contributed by atoms with Crippen molar-refractivity contribution >= 4 is 15.9 Å². The smallest absolute Gasteiger partial charge is 0.119 e. The van der Waals surface area contributed by atoms with Crippen LogP contribution >= 0.6 is 15.9 Å². The van der Waals surface area contributed by atoms with Crippen LogP contribution in [0.1, 0.15) is 18.2 Å². The van der Waals surface area contributed by atoms with Crippen molar-refractivity contribution in [3.63, 3.8) is 0 Å². The Balaban J connectivity index is 1.62. The van der Waals surface area contributed by atoms with Gasteiger partial charge in [-0.15, -0.1) is 0 Å². The summed E-state index contributed by atoms with van der Waals surface area (Å²) >= 11 is 3.42. The fourth-order valence-electron chi connectivity index (χ4n) is 2.17. The van der Waals surface area contributed by atoms with Gasteiger partial charge in [0, 0.05) is 25.8 Å². The van der Waals surface area contributed by atoms with E-state index in [4.69, 9.17) is 0 Å². The molecule has 3 heterocycles. The first kappa shape index (κ1) is 10.9. The van der Waals surface area contributed by atoms with Crippen LogP contribution in [0, 0.1) is 0 Å². The van der Waals surface area contributed by atoms with Gasteiger partial charge in [0.2, 0.25) is 0 Å². The Labute approximate surface area is 107 Å². The van der Waals surface area contributed by atoms with Gasteiger partial charge >= 0.3 is 0 Å². The molecular formula is C10H12BrN5O. The van der Waals surface area contributed by atoms with Crippen molar-refractivity contribution < 1.29 is 4.63 Å². The topological polar surface area (TPSA) is 60.0 Å². The second-order valence-electron chi connectivity index (χ2n) is 4.21. The van der Waals surface area contributed by atoms with Gasteiger partial charge in [-0.1, -0.05) is 10.3 Å². The van der Waals surface area contributed by atoms with E-state index in [-0.39, 0.29) is 0 Å². The summed E-state index contributed by atoms with van der Waals surface area (Å²) in [5.41, 5.74) is 0.882. The number of hydrogen-bond donors (Lipinski definition) is 0. The van der Waals surface area contributed by atoms with Crippen LogP contribution in [-0.2, 0) is 6.54 Å². The first-order valence-corrected chi connectivity index (χ1v) is 6.29. The van der Waals surface area contributed by atoms with Crippen LogP contribution in [0.15, 0.2) is 27.7 Å². The number of aromatic nitrogens is 4. The molecule has 1 unspecified atom stereocenters. The standard InChI is InChI=1S/C10H12BrN5O/c11-8-3-12-16(5-8)10-1-2-15(7-10)6-9-4-13-17-14-9/h3-5,10H,1-2,6-7H2. The van der Waals surface area contributed by atoms with Crippen molar-refractivity contribution in [2.75, 3.05) is 13.1 Å². The van der Waals surface area contributed by atoms with Gasteiger partial charge in [0.05, 0.1) is 22.9 Å². The van der Waals surface area contributed by atoms with E-state index in [1.807, 2.05) is 17.1 Å². The van der Waals surface area contributed by atoms with E-state index >= 15 is 0 Å². The normalized spacial score (nSPS) is 21.1. The highest BCUT2D eigenvalue weighted by atomic mass is 79.9. The van der Waals surface area contributed by atoms with Crippen LogP contribution in [-0.4, -0.2) is 38.1 Å². The van der Waals surface area contributed by atoms with Crippen molar-refractivity contribution in [1.29, 1.82) is 0 Å². The van der Waals surface area contributed by atoms with Gasteiger partial charge in [0.1, 0.15) is 5.69 Å². The molecule has 90 valence electrons. The third-order valence-corrected chi connectivity index (χ3v) is 3.39. The molecule has 0 bridgehead atoms. The molecule has 1 aliphatic heterocycles. The van der Waals surface area contributed by atoms with Crippen LogP contribution in [0.25, 0.3) is 0 Å². The SMILES string of the molecule is Brc1cnn(C2CCN(Cc3cnon3)C2)c1. The summed E-state index contributed by atoms with van der Waals surface area (Å²) in [5.74, 6) is 0. The molecule has 0 amide bonds. The minimum absolute atomic E-state index is 0.446. The van der Waals surface area contributed by atoms with Crippen LogP contribution in [0.5, 0.6) is 0 Å². The minimum atomic E-state index is 0.446. The average molecular weight is 298 g/mol. The highest BCUT2D eigenvalue weighted by Gasteiger charge is 2.24. The van der Waals surface area contributed by atoms with Crippen molar-refractivity contribution in [1.82, 2.24) is 25.0 Å². The Morgan fingerprint density at radius 3 is 3.12 bits per heavy atom. The van der Waals surface area contributed by atoms with Gasteiger partial charge in [-0.05, 0) is 22.4 Å². The predicted octanol–water partition coefficient (Wildman–Crippen LogP) is 1.48. The quantitative estimate of drug-likeness (QED) is 0.859. The minimum Gasteiger partial charge on any atom is -0.295 e. The lowest BCUT2D eigenvalue weighted by molar-refractivity contribution is 0.278. The maximum Gasteiger partial charge on any atom is 0.119 e. The van der Waals surface area contributed by atoms with Gasteiger partial charge < -0.3 is 0 Å². The first-order chi connectivity index (χ1) is 8.31. The van der Waals surface area contributed by atoms with E-state index in [1.54, 1.807) is 6.20 Å². The summed E-state index contributed by atoms with van der Waals surface area (Å²) < 4.78 is 7.63. The van der Waals surface area contributed by atoms with Gasteiger partial charge in [-0.3, -0.25) is 9.58 Å². The summed E-state index contributed by atoms with van der Waals surface area (Å²) in [6.45, 7) is 2.83. The zero-order chi connectivity index (χ0) is 11.7. The van der Waals surface area contributed by atoms with Gasteiger partial charge in [-0.25, -0.2) is 4.63 Å². The fourth-order valence-corrected chi connectivity index (χ4v) is 2.47. The molecule has 0 spiro atoms. The lowest BCUT2D eigenvalue weighted by Gasteiger charge is -2.14. The van der Waals surface area contributed by atoms with Gasteiger partial charge in [0.15, 0.2) is 0 Å². The number of nitrogens with zero attached hydrogens (tertiary/aromatic N) is 5. The summed E-state index contributed by atoms with van der Waals surface area (Å²) in [7, 11) is 0. The highest BCUT2D eigenvalue weighted by molar-refractivity contribution is 9.10. The maximum atomic E-state index is 4.59. The molecule has 6 nitrogen and oxygen atoms in total. The van der Waals surface area contributed by atoms with Crippen LogP contribution in [0.4, 0.5) is 0 Å². The highest BCUT2D eigenvalue weighted by Crippen LogP contribution is 2.23. The molecule has 17 heavy (non-hydrogen) atoms. The third-order valence-electron chi connectivity index (χ3n) is 2.98. The second-order valence-corrected chi connectivity index (χ2v) is 5.13. The molecule has 1 saturated heterocycles. The monoisotopic (exact) mass is 297 g/mol. The Kier molecular flexibility index (Phi) is 2.94. The van der Waals surface area contributed by atoms with E-state index in [2.05, 4.69) is 40.9 Å². The molecule has 0 aromatic carbocycles. The van der Waals surface area contributed by atoms with E-state index in [0.29, 0.717) is 6.04 Å². The summed E-state index contributed by atoms with van der Waals surface area (Å²) in [6.07, 6.45) is 6.62. The van der Waals surface area contributed by atoms with E-state index < -0.39 is 0 Å². The number of likely N-dealkylation sites (tertiary alicyclic amines) is 1. The average Bonchev–Trinajstić information content (AvgIpc) is 2.99. The molecule has 0 radical (unpaired) electrons. The molecule has 0 N–H and O–H groups in total. The zero-order valence-corrected chi connectivity index (χ0v) is 10.7. The summed E-state index contributed by atoms with van der Waals surface area (Å²) in [5, 5.41) is 11.8. The molecule has 2 aromatic rings. The van der Waals surface area contributed by atoms with E-state index in [0.717, 1.165) is 36.2 Å². The predicted molar refractivity (Wildman–Crippen MR) is 63.2 cm³/mol. The molecule has 3 rings (SSSR count). The fraction of sp³-hybridized carbons (Fsp3) is 0.500. The maximum absolute atomic E-state index is 4.59. The molecule has 1 aliphatic rings. The molecule has 1 fully saturated rings. The van der Waals surface area contributed by atoms with Gasteiger partial charge in [0.25, 0.3) is 0 Å². The third kappa shape index (κ3) is 2.39. The molecule has 0 aliphatic carbocycles. The van der Waals surface area contributed by atoms with Gasteiger partial charge in [-0.2, -0.15) is 5.10 Å². The molecular weight excluding hydrogens is 286 g/mol. The Hall–Kier alpha value is -1.21. The molecule has 1 atom stereocenters. The van der Waals surface area contributed by atoms with Crippen LogP contribution in [0.3, 0.4) is 0 Å². The lowest BCUT2D eigenvalue weighted by Crippen LogP contribution is -2.21. The zero-order valence-electron chi connectivity index (χ0n) is 9.16. The molecule has 2 aromatic heterocycles. The van der Waals surface area contributed by atoms with Crippen molar-refractivity contribution in [2.24, 2.45) is 0 Å². The van der Waals surface area contributed by atoms with Crippen molar-refractivity contribution in [2.45, 2.75) is 19.0 Å². The number of hydrogen-bond acceptors (Lipinski definition) is 5. The number of halogens is 1. The van der Waals surface area contributed by atoms with E-state index in [1.165, 1.54) is 0 Å².